The van der Waals surface area contributed by atoms with E-state index in [1.54, 1.807) is 35.0 Å². The van der Waals surface area contributed by atoms with Crippen molar-refractivity contribution in [3.8, 4) is 0 Å². The van der Waals surface area contributed by atoms with Crippen molar-refractivity contribution < 1.29 is 9.53 Å². The maximum atomic E-state index is 13.2. The number of nitrogens with zero attached hydrogens (tertiary/aromatic N) is 2. The van der Waals surface area contributed by atoms with Gasteiger partial charge in [0.1, 0.15) is 0 Å². The van der Waals surface area contributed by atoms with E-state index in [1.807, 2.05) is 35.7 Å². The summed E-state index contributed by atoms with van der Waals surface area (Å²) in [6, 6.07) is 10.4. The second-order valence-electron chi connectivity index (χ2n) is 6.14. The highest BCUT2D eigenvalue weighted by atomic mass is 35.5. The lowest BCUT2D eigenvalue weighted by atomic mass is 9.96. The quantitative estimate of drug-likeness (QED) is 0.600. The van der Waals surface area contributed by atoms with Gasteiger partial charge in [-0.05, 0) is 42.1 Å². The fraction of sp³-hybridized carbons (Fsp3) is 0.150. The molecule has 0 fully saturated rings. The Labute approximate surface area is 173 Å². The van der Waals surface area contributed by atoms with Crippen molar-refractivity contribution in [2.24, 2.45) is 4.99 Å². The number of thiophene rings is 1. The van der Waals surface area contributed by atoms with Gasteiger partial charge >= 0.3 is 5.97 Å². The molecule has 1 aliphatic heterocycles. The summed E-state index contributed by atoms with van der Waals surface area (Å²) < 4.78 is 7.11. The molecular formula is C20H15ClN2O3S2. The Morgan fingerprint density at radius 3 is 2.68 bits per heavy atom. The molecule has 1 aliphatic rings. The Morgan fingerprint density at radius 2 is 2.04 bits per heavy atom. The molecular weight excluding hydrogens is 416 g/mol. The van der Waals surface area contributed by atoms with Gasteiger partial charge < -0.3 is 4.74 Å². The highest BCUT2D eigenvalue weighted by molar-refractivity contribution is 7.11. The molecule has 3 heterocycles. The van der Waals surface area contributed by atoms with Crippen molar-refractivity contribution in [1.29, 1.82) is 0 Å². The number of carbonyl (C=O) groups is 1. The monoisotopic (exact) mass is 430 g/mol. The van der Waals surface area contributed by atoms with Crippen molar-refractivity contribution in [1.82, 2.24) is 4.57 Å². The smallest absolute Gasteiger partial charge is 0.338 e. The first-order valence-corrected chi connectivity index (χ1v) is 10.5. The van der Waals surface area contributed by atoms with Gasteiger partial charge in [0, 0.05) is 9.90 Å². The minimum absolute atomic E-state index is 0.189. The van der Waals surface area contributed by atoms with E-state index in [-0.39, 0.29) is 5.56 Å². The molecule has 0 radical (unpaired) electrons. The lowest BCUT2D eigenvalue weighted by molar-refractivity contribution is -0.136. The Kier molecular flexibility index (Phi) is 5.05. The van der Waals surface area contributed by atoms with Gasteiger partial charge in [0.15, 0.2) is 4.80 Å². The summed E-state index contributed by atoms with van der Waals surface area (Å²) in [5.41, 5.74) is 1.46. The molecule has 5 nitrogen and oxygen atoms in total. The number of allylic oxidation sites excluding steroid dienone is 1. The zero-order valence-corrected chi connectivity index (χ0v) is 17.4. The van der Waals surface area contributed by atoms with Crippen molar-refractivity contribution in [2.45, 2.75) is 13.0 Å². The van der Waals surface area contributed by atoms with E-state index in [4.69, 9.17) is 16.3 Å². The first-order valence-electron chi connectivity index (χ1n) is 8.39. The molecule has 0 unspecified atom stereocenters. The highest BCUT2D eigenvalue weighted by Crippen LogP contribution is 2.31. The standard InChI is InChI=1S/C20H15ClN2O3S2/c1-11-16(19(25)26-2)17(12-5-7-13(21)8-6-12)23-18(24)15(28-20(23)22-11)10-14-4-3-9-27-14/h3-10,17H,1-2H3/b15-10+/t17-/m1/s1. The third-order valence-corrected chi connectivity index (χ3v) is 6.48. The number of fused-ring (bicyclic) bond motifs is 1. The van der Waals surface area contributed by atoms with Crippen molar-refractivity contribution in [2.75, 3.05) is 7.11 Å². The number of rotatable bonds is 3. The van der Waals surface area contributed by atoms with Gasteiger partial charge in [-0.1, -0.05) is 41.1 Å². The molecule has 3 aromatic rings. The van der Waals surface area contributed by atoms with Gasteiger partial charge in [0.2, 0.25) is 0 Å². The van der Waals surface area contributed by atoms with Gasteiger partial charge in [-0.25, -0.2) is 9.79 Å². The van der Waals surface area contributed by atoms with Gasteiger partial charge in [0.25, 0.3) is 5.56 Å². The van der Waals surface area contributed by atoms with Crippen LogP contribution in [0.5, 0.6) is 0 Å². The molecule has 0 aliphatic carbocycles. The summed E-state index contributed by atoms with van der Waals surface area (Å²) in [7, 11) is 1.32. The second kappa shape index (κ2) is 7.50. The van der Waals surface area contributed by atoms with Crippen LogP contribution in [0.2, 0.25) is 5.02 Å². The first kappa shape index (κ1) is 18.9. The summed E-state index contributed by atoms with van der Waals surface area (Å²) in [5.74, 6) is -0.506. The van der Waals surface area contributed by atoms with Gasteiger partial charge in [-0.3, -0.25) is 9.36 Å². The summed E-state index contributed by atoms with van der Waals surface area (Å²) in [4.78, 5) is 31.8. The second-order valence-corrected chi connectivity index (χ2v) is 8.57. The van der Waals surface area contributed by atoms with E-state index < -0.39 is 12.0 Å². The van der Waals surface area contributed by atoms with Crippen LogP contribution < -0.4 is 14.9 Å². The summed E-state index contributed by atoms with van der Waals surface area (Å²) in [6.07, 6.45) is 1.85. The summed E-state index contributed by atoms with van der Waals surface area (Å²) in [6.45, 7) is 1.76. The number of halogens is 1. The fourth-order valence-electron chi connectivity index (χ4n) is 3.16. The van der Waals surface area contributed by atoms with Crippen LogP contribution >= 0.6 is 34.3 Å². The number of hydrogen-bond donors (Lipinski definition) is 0. The van der Waals surface area contributed by atoms with Crippen LogP contribution in [0, 0.1) is 0 Å². The first-order chi connectivity index (χ1) is 13.5. The van der Waals surface area contributed by atoms with Crippen molar-refractivity contribution >= 4 is 46.3 Å². The van der Waals surface area contributed by atoms with Crippen LogP contribution in [-0.4, -0.2) is 17.6 Å². The summed E-state index contributed by atoms with van der Waals surface area (Å²) >= 11 is 8.89. The molecule has 8 heteroatoms. The van der Waals surface area contributed by atoms with Gasteiger partial charge in [0.05, 0.1) is 29.0 Å². The van der Waals surface area contributed by atoms with Crippen LogP contribution in [0.25, 0.3) is 6.08 Å². The minimum Gasteiger partial charge on any atom is -0.466 e. The molecule has 2 aromatic heterocycles. The maximum Gasteiger partial charge on any atom is 0.338 e. The SMILES string of the molecule is COC(=O)C1=C(C)N=c2s/c(=C/c3cccs3)c(=O)n2[C@@H]1c1ccc(Cl)cc1. The molecule has 0 bridgehead atoms. The van der Waals surface area contributed by atoms with E-state index in [1.165, 1.54) is 18.4 Å². The number of benzene rings is 1. The van der Waals surface area contributed by atoms with Crippen LogP contribution in [0.1, 0.15) is 23.4 Å². The predicted molar refractivity (Wildman–Crippen MR) is 112 cm³/mol. The topological polar surface area (TPSA) is 60.7 Å². The largest absolute Gasteiger partial charge is 0.466 e. The Balaban J connectivity index is 2.00. The number of hydrogen-bond acceptors (Lipinski definition) is 6. The average Bonchev–Trinajstić information content (AvgIpc) is 3.29. The van der Waals surface area contributed by atoms with Crippen LogP contribution in [0.4, 0.5) is 0 Å². The molecule has 28 heavy (non-hydrogen) atoms. The van der Waals surface area contributed by atoms with E-state index in [9.17, 15) is 9.59 Å². The fourth-order valence-corrected chi connectivity index (χ4v) is 5.05. The van der Waals surface area contributed by atoms with Crippen LogP contribution in [0.15, 0.2) is 62.8 Å². The van der Waals surface area contributed by atoms with Crippen LogP contribution in [-0.2, 0) is 9.53 Å². The van der Waals surface area contributed by atoms with Gasteiger partial charge in [-0.15, -0.1) is 11.3 Å². The zero-order chi connectivity index (χ0) is 19.8. The van der Waals surface area contributed by atoms with Crippen molar-refractivity contribution in [3.05, 3.63) is 88.2 Å². The molecule has 0 amide bonds. The molecule has 0 spiro atoms. The average molecular weight is 431 g/mol. The Bertz CT molecular complexity index is 1250. The molecule has 1 atom stereocenters. The minimum atomic E-state index is -0.619. The molecule has 1 aromatic carbocycles. The Hall–Kier alpha value is -2.48. The molecule has 0 saturated heterocycles. The molecule has 142 valence electrons. The lowest BCUT2D eigenvalue weighted by Gasteiger charge is -2.24. The molecule has 0 N–H and O–H groups in total. The number of methoxy groups -OCH3 is 1. The van der Waals surface area contributed by atoms with E-state index >= 15 is 0 Å². The molecule has 4 rings (SSSR count). The zero-order valence-electron chi connectivity index (χ0n) is 15.0. The van der Waals surface area contributed by atoms with Crippen molar-refractivity contribution in [3.63, 3.8) is 0 Å². The molecule has 0 saturated carbocycles. The number of carbonyl (C=O) groups excluding carboxylic acids is 1. The number of thiazole rings is 1. The van der Waals surface area contributed by atoms with Crippen LogP contribution in [0.3, 0.4) is 0 Å². The maximum absolute atomic E-state index is 13.2. The highest BCUT2D eigenvalue weighted by Gasteiger charge is 2.32. The number of esters is 1. The number of ether oxygens (including phenoxy) is 1. The summed E-state index contributed by atoms with van der Waals surface area (Å²) in [5, 5.41) is 2.54. The Morgan fingerprint density at radius 1 is 1.29 bits per heavy atom. The number of aromatic nitrogens is 1. The predicted octanol–water partition coefficient (Wildman–Crippen LogP) is 3.12. The van der Waals surface area contributed by atoms with Gasteiger partial charge in [-0.2, -0.15) is 0 Å². The van der Waals surface area contributed by atoms with E-state index in [0.717, 1.165) is 10.4 Å². The third kappa shape index (κ3) is 3.26. The van der Waals surface area contributed by atoms with E-state index in [0.29, 0.717) is 25.6 Å². The third-order valence-electron chi connectivity index (χ3n) is 4.43. The normalized spacial score (nSPS) is 16.7. The van der Waals surface area contributed by atoms with E-state index in [2.05, 4.69) is 4.99 Å². The lowest BCUT2D eigenvalue weighted by Crippen LogP contribution is -2.39.